The minimum Gasteiger partial charge on any atom is -0.379 e. The van der Waals surface area contributed by atoms with Gasteiger partial charge in [-0.2, -0.15) is 0 Å². The zero-order chi connectivity index (χ0) is 20.1. The lowest BCUT2D eigenvalue weighted by Gasteiger charge is -2.42. The van der Waals surface area contributed by atoms with Crippen molar-refractivity contribution in [2.75, 3.05) is 44.7 Å². The van der Waals surface area contributed by atoms with E-state index < -0.39 is 0 Å². The highest BCUT2D eigenvalue weighted by atomic mass is 35.5. The number of hydrogen-bond donors (Lipinski definition) is 1. The van der Waals surface area contributed by atoms with Gasteiger partial charge in [0.25, 0.3) is 0 Å². The van der Waals surface area contributed by atoms with Gasteiger partial charge in [-0.25, -0.2) is 4.79 Å². The average molecular weight is 415 g/mol. The highest BCUT2D eigenvalue weighted by Gasteiger charge is 2.39. The van der Waals surface area contributed by atoms with Crippen molar-refractivity contribution in [3.63, 3.8) is 0 Å². The first-order valence-electron chi connectivity index (χ1n) is 10.1. The molecule has 0 bridgehead atoms. The number of carbonyl (C=O) groups is 1. The van der Waals surface area contributed by atoms with Gasteiger partial charge in [-0.15, -0.1) is 0 Å². The Labute approximate surface area is 176 Å². The van der Waals surface area contributed by atoms with Crippen molar-refractivity contribution >= 4 is 23.3 Å². The molecule has 0 aliphatic carbocycles. The van der Waals surface area contributed by atoms with Crippen LogP contribution >= 0.6 is 11.6 Å². The maximum absolute atomic E-state index is 12.6. The number of nitrogens with one attached hydrogen (secondary N) is 1. The van der Waals surface area contributed by atoms with Gasteiger partial charge >= 0.3 is 6.03 Å². The predicted octanol–water partition coefficient (Wildman–Crippen LogP) is 3.88. The molecule has 6 nitrogen and oxygen atoms in total. The summed E-state index contributed by atoms with van der Waals surface area (Å²) in [5.41, 5.74) is 2.10. The minimum absolute atomic E-state index is 0.0519. The first-order chi connectivity index (χ1) is 14.1. The normalized spacial score (nSPS) is 19.7. The van der Waals surface area contributed by atoms with Gasteiger partial charge < -0.3 is 15.0 Å². The number of benzene rings is 1. The molecule has 0 radical (unpaired) electrons. The molecule has 2 aromatic rings. The van der Waals surface area contributed by atoms with E-state index in [0.717, 1.165) is 64.5 Å². The minimum atomic E-state index is -0.0519. The van der Waals surface area contributed by atoms with Crippen molar-refractivity contribution in [3.8, 4) is 0 Å². The molecular weight excluding hydrogens is 388 g/mol. The number of likely N-dealkylation sites (tertiary alicyclic amines) is 1. The van der Waals surface area contributed by atoms with Gasteiger partial charge in [-0.1, -0.05) is 17.7 Å². The Kier molecular flexibility index (Phi) is 6.33. The lowest BCUT2D eigenvalue weighted by molar-refractivity contribution is 0.0242. The maximum atomic E-state index is 12.6. The number of halogens is 1. The molecule has 1 aromatic carbocycles. The van der Waals surface area contributed by atoms with Crippen LogP contribution in [0.4, 0.5) is 10.5 Å². The van der Waals surface area contributed by atoms with E-state index in [4.69, 9.17) is 16.3 Å². The third-order valence-electron chi connectivity index (χ3n) is 5.85. The second-order valence-corrected chi connectivity index (χ2v) is 8.49. The molecule has 154 valence electrons. The van der Waals surface area contributed by atoms with Crippen LogP contribution in [-0.4, -0.2) is 60.2 Å². The molecule has 0 atom stereocenters. The number of amides is 2. The van der Waals surface area contributed by atoms with E-state index in [-0.39, 0.29) is 11.4 Å². The summed E-state index contributed by atoms with van der Waals surface area (Å²) >= 11 is 5.91. The number of pyridine rings is 1. The van der Waals surface area contributed by atoms with E-state index in [1.807, 2.05) is 29.3 Å². The molecule has 2 amide bonds. The van der Waals surface area contributed by atoms with Crippen LogP contribution in [0.5, 0.6) is 0 Å². The third-order valence-corrected chi connectivity index (χ3v) is 6.11. The molecule has 1 spiro atoms. The molecular formula is C22H27ClN4O2. The lowest BCUT2D eigenvalue weighted by Crippen LogP contribution is -2.49. The highest BCUT2D eigenvalue weighted by molar-refractivity contribution is 6.30. The Bertz CT molecular complexity index is 807. The van der Waals surface area contributed by atoms with Gasteiger partial charge in [0.1, 0.15) is 0 Å². The molecule has 2 fully saturated rings. The Morgan fingerprint density at radius 1 is 1.17 bits per heavy atom. The number of nitrogens with zero attached hydrogens (tertiary/aromatic N) is 3. The number of carbonyl (C=O) groups excluding carboxylic acids is 1. The second-order valence-electron chi connectivity index (χ2n) is 8.05. The van der Waals surface area contributed by atoms with Crippen LogP contribution < -0.4 is 5.32 Å². The summed E-state index contributed by atoms with van der Waals surface area (Å²) in [5.74, 6) is 0. The number of anilines is 1. The van der Waals surface area contributed by atoms with Crippen molar-refractivity contribution < 1.29 is 9.53 Å². The molecule has 3 heterocycles. The quantitative estimate of drug-likeness (QED) is 0.828. The van der Waals surface area contributed by atoms with Crippen molar-refractivity contribution in [2.24, 2.45) is 5.41 Å². The molecule has 2 aliphatic heterocycles. The van der Waals surface area contributed by atoms with Gasteiger partial charge in [0.05, 0.1) is 13.2 Å². The lowest BCUT2D eigenvalue weighted by atomic mass is 9.78. The van der Waals surface area contributed by atoms with Crippen molar-refractivity contribution in [1.82, 2.24) is 14.8 Å². The number of ether oxygens (including phenoxy) is 1. The summed E-state index contributed by atoms with van der Waals surface area (Å²) < 4.78 is 5.97. The Balaban J connectivity index is 1.34. The average Bonchev–Trinajstić information content (AvgIpc) is 2.93. The SMILES string of the molecule is O=C(Nc1ccc(Cl)cc1)N1CCC2(CC1)COCCN(Cc1cccnc1)C2. The monoisotopic (exact) mass is 414 g/mol. The van der Waals surface area contributed by atoms with E-state index in [1.165, 1.54) is 5.56 Å². The summed E-state index contributed by atoms with van der Waals surface area (Å²) in [4.78, 5) is 21.2. The maximum Gasteiger partial charge on any atom is 0.321 e. The van der Waals surface area contributed by atoms with E-state index in [0.29, 0.717) is 5.02 Å². The van der Waals surface area contributed by atoms with E-state index >= 15 is 0 Å². The van der Waals surface area contributed by atoms with Gasteiger partial charge in [0, 0.05) is 61.2 Å². The van der Waals surface area contributed by atoms with Crippen LogP contribution in [0.3, 0.4) is 0 Å². The Hall–Kier alpha value is -2.15. The van der Waals surface area contributed by atoms with Crippen LogP contribution in [0.25, 0.3) is 0 Å². The fourth-order valence-corrected chi connectivity index (χ4v) is 4.31. The predicted molar refractivity (Wildman–Crippen MR) is 114 cm³/mol. The van der Waals surface area contributed by atoms with Crippen LogP contribution in [0, 0.1) is 5.41 Å². The van der Waals surface area contributed by atoms with Gasteiger partial charge in [-0.3, -0.25) is 9.88 Å². The second kappa shape index (κ2) is 9.11. The smallest absolute Gasteiger partial charge is 0.321 e. The number of urea groups is 1. The van der Waals surface area contributed by atoms with Crippen LogP contribution in [-0.2, 0) is 11.3 Å². The number of rotatable bonds is 3. The summed E-state index contributed by atoms with van der Waals surface area (Å²) in [7, 11) is 0. The fourth-order valence-electron chi connectivity index (χ4n) is 4.19. The van der Waals surface area contributed by atoms with Crippen molar-refractivity contribution in [1.29, 1.82) is 0 Å². The summed E-state index contributed by atoms with van der Waals surface area (Å²) in [6.45, 7) is 5.81. The van der Waals surface area contributed by atoms with E-state index in [2.05, 4.69) is 21.3 Å². The molecule has 2 aliphatic rings. The molecule has 4 rings (SSSR count). The molecule has 0 saturated carbocycles. The van der Waals surface area contributed by atoms with Crippen LogP contribution in [0.1, 0.15) is 18.4 Å². The number of hydrogen-bond acceptors (Lipinski definition) is 4. The van der Waals surface area contributed by atoms with Gasteiger partial charge in [-0.05, 0) is 48.7 Å². The summed E-state index contributed by atoms with van der Waals surface area (Å²) in [6, 6.07) is 11.3. The largest absolute Gasteiger partial charge is 0.379 e. The Morgan fingerprint density at radius 3 is 2.69 bits per heavy atom. The van der Waals surface area contributed by atoms with Crippen LogP contribution in [0.15, 0.2) is 48.8 Å². The summed E-state index contributed by atoms with van der Waals surface area (Å²) in [6.07, 6.45) is 5.64. The van der Waals surface area contributed by atoms with Crippen molar-refractivity contribution in [2.45, 2.75) is 19.4 Å². The molecule has 2 saturated heterocycles. The molecule has 1 N–H and O–H groups in total. The third kappa shape index (κ3) is 5.26. The Morgan fingerprint density at radius 2 is 1.97 bits per heavy atom. The molecule has 7 heteroatoms. The van der Waals surface area contributed by atoms with Gasteiger partial charge in [0.2, 0.25) is 0 Å². The van der Waals surface area contributed by atoms with Crippen molar-refractivity contribution in [3.05, 3.63) is 59.4 Å². The van der Waals surface area contributed by atoms with E-state index in [9.17, 15) is 4.79 Å². The first-order valence-corrected chi connectivity index (χ1v) is 10.5. The van der Waals surface area contributed by atoms with Gasteiger partial charge in [0.15, 0.2) is 0 Å². The fraction of sp³-hybridized carbons (Fsp3) is 0.455. The zero-order valence-electron chi connectivity index (χ0n) is 16.5. The molecule has 29 heavy (non-hydrogen) atoms. The zero-order valence-corrected chi connectivity index (χ0v) is 17.3. The first kappa shape index (κ1) is 20.1. The van der Waals surface area contributed by atoms with E-state index in [1.54, 1.807) is 18.3 Å². The topological polar surface area (TPSA) is 57.7 Å². The standard InChI is InChI=1S/C22H27ClN4O2/c23-19-3-5-20(6-4-19)25-21(28)27-10-7-22(8-11-27)16-26(12-13-29-17-22)15-18-2-1-9-24-14-18/h1-6,9,14H,7-8,10-13,15-17H2,(H,25,28). The molecule has 1 aromatic heterocycles. The highest BCUT2D eigenvalue weighted by Crippen LogP contribution is 2.35. The summed E-state index contributed by atoms with van der Waals surface area (Å²) in [5, 5.41) is 3.62. The number of piperidine rings is 1. The molecule has 0 unspecified atom stereocenters. The van der Waals surface area contributed by atoms with Crippen LogP contribution in [0.2, 0.25) is 5.02 Å². The number of aromatic nitrogens is 1.